The van der Waals surface area contributed by atoms with Crippen molar-refractivity contribution in [3.63, 3.8) is 0 Å². The number of nitrogens with zero attached hydrogens (tertiary/aromatic N) is 5. The Bertz CT molecular complexity index is 843. The number of imidazole rings is 1. The molecule has 0 bridgehead atoms. The number of aromatic nitrogens is 3. The highest BCUT2D eigenvalue weighted by atomic mass is 32.1. The molecule has 1 saturated heterocycles. The van der Waals surface area contributed by atoms with Crippen molar-refractivity contribution in [2.75, 3.05) is 26.2 Å². The molecule has 0 aliphatic carbocycles. The molecule has 0 saturated carbocycles. The number of likely N-dealkylation sites (tertiary alicyclic amines) is 1. The maximum Gasteiger partial charge on any atom is 0.140 e. The Hall–Kier alpha value is -2.01. The first-order chi connectivity index (χ1) is 12.3. The highest BCUT2D eigenvalue weighted by Gasteiger charge is 2.26. The lowest BCUT2D eigenvalue weighted by atomic mass is 9.92. The first kappa shape index (κ1) is 16.5. The van der Waals surface area contributed by atoms with E-state index in [0.29, 0.717) is 0 Å². The van der Waals surface area contributed by atoms with Gasteiger partial charge >= 0.3 is 0 Å². The third kappa shape index (κ3) is 3.13. The third-order valence-electron chi connectivity index (χ3n) is 5.41. The lowest BCUT2D eigenvalue weighted by molar-refractivity contribution is 0.264. The van der Waals surface area contributed by atoms with E-state index in [4.69, 9.17) is 4.98 Å². The van der Waals surface area contributed by atoms with Crippen LogP contribution in [-0.4, -0.2) is 50.4 Å². The predicted octanol–water partition coefficient (Wildman–Crippen LogP) is 2.78. The first-order valence-electron chi connectivity index (χ1n) is 8.92. The lowest BCUT2D eigenvalue weighted by Crippen LogP contribution is -2.33. The Balaban J connectivity index is 1.66. The lowest BCUT2D eigenvalue weighted by Gasteiger charge is -2.29. The zero-order valence-electron chi connectivity index (χ0n) is 14.6. The number of aryl methyl sites for hydroxylation is 2. The highest BCUT2D eigenvalue weighted by Crippen LogP contribution is 2.35. The summed E-state index contributed by atoms with van der Waals surface area (Å²) in [5.74, 6) is 1.14. The van der Waals surface area contributed by atoms with E-state index in [1.807, 2.05) is 6.20 Å². The minimum Gasteiger partial charge on any atom is -0.354 e. The average Bonchev–Trinajstić information content (AvgIpc) is 3.19. The summed E-state index contributed by atoms with van der Waals surface area (Å²) in [5.41, 5.74) is 5.71. The van der Waals surface area contributed by atoms with E-state index in [2.05, 4.69) is 61.9 Å². The van der Waals surface area contributed by atoms with Gasteiger partial charge in [0, 0.05) is 75.1 Å². The summed E-state index contributed by atoms with van der Waals surface area (Å²) in [5, 5.41) is 2.46. The van der Waals surface area contributed by atoms with Crippen molar-refractivity contribution in [1.29, 1.82) is 0 Å². The number of isothiocyanates is 1. The van der Waals surface area contributed by atoms with Gasteiger partial charge in [-0.05, 0) is 31.1 Å². The standard InChI is InChI=1S/C19H23N5S/c1-22-8-4-16-17(22)5-11-24-13-7-21-19(24)18(16)15-2-9-23(10-3-15)12-6-20-14-25/h4,7-8,13H,2-3,5-6,9-12H2,1H3. The van der Waals surface area contributed by atoms with Crippen LogP contribution in [0.4, 0.5) is 0 Å². The van der Waals surface area contributed by atoms with Gasteiger partial charge in [0.15, 0.2) is 0 Å². The van der Waals surface area contributed by atoms with Crippen LogP contribution in [0.2, 0.25) is 0 Å². The molecule has 0 atom stereocenters. The van der Waals surface area contributed by atoms with Gasteiger partial charge in [0.25, 0.3) is 0 Å². The number of hydrogen-bond donors (Lipinski definition) is 0. The monoisotopic (exact) mass is 353 g/mol. The smallest absolute Gasteiger partial charge is 0.140 e. The molecule has 4 rings (SSSR count). The molecule has 0 aromatic carbocycles. The van der Waals surface area contributed by atoms with E-state index in [-0.39, 0.29) is 0 Å². The van der Waals surface area contributed by atoms with E-state index < -0.39 is 0 Å². The fourth-order valence-corrected chi connectivity index (χ4v) is 4.14. The average molecular weight is 353 g/mol. The zero-order valence-corrected chi connectivity index (χ0v) is 15.4. The van der Waals surface area contributed by atoms with Crippen LogP contribution < -0.4 is 0 Å². The first-order valence-corrected chi connectivity index (χ1v) is 9.33. The SMILES string of the molecule is Cn1ccc2c1CCn1ccnc1C2=C1CCN(CCN=C=S)CC1. The van der Waals surface area contributed by atoms with Crippen LogP contribution in [0.5, 0.6) is 0 Å². The van der Waals surface area contributed by atoms with Crippen molar-refractivity contribution < 1.29 is 0 Å². The molecular weight excluding hydrogens is 330 g/mol. The molecule has 0 radical (unpaired) electrons. The Morgan fingerprint density at radius 3 is 2.84 bits per heavy atom. The van der Waals surface area contributed by atoms with E-state index in [9.17, 15) is 0 Å². The van der Waals surface area contributed by atoms with Crippen LogP contribution in [0.25, 0.3) is 5.57 Å². The maximum absolute atomic E-state index is 4.71. The molecule has 2 aliphatic heterocycles. The van der Waals surface area contributed by atoms with Crippen molar-refractivity contribution in [3.8, 4) is 0 Å². The van der Waals surface area contributed by atoms with Crippen molar-refractivity contribution in [1.82, 2.24) is 19.0 Å². The van der Waals surface area contributed by atoms with E-state index in [1.165, 1.54) is 22.4 Å². The molecule has 25 heavy (non-hydrogen) atoms. The Morgan fingerprint density at radius 1 is 1.20 bits per heavy atom. The van der Waals surface area contributed by atoms with E-state index in [0.717, 1.165) is 57.8 Å². The second-order valence-corrected chi connectivity index (χ2v) is 6.96. The van der Waals surface area contributed by atoms with Gasteiger partial charge in [-0.25, -0.2) is 9.98 Å². The molecule has 0 spiro atoms. The molecule has 2 aromatic heterocycles. The zero-order chi connectivity index (χ0) is 17.2. The molecule has 1 fully saturated rings. The summed E-state index contributed by atoms with van der Waals surface area (Å²) < 4.78 is 4.57. The van der Waals surface area contributed by atoms with Gasteiger partial charge in [0.05, 0.1) is 11.7 Å². The molecule has 6 heteroatoms. The number of fused-ring (bicyclic) bond motifs is 2. The number of thiocarbonyl (C=S) groups is 1. The maximum atomic E-state index is 4.71. The Labute approximate surface area is 153 Å². The van der Waals surface area contributed by atoms with Gasteiger partial charge in [-0.2, -0.15) is 0 Å². The summed E-state index contributed by atoms with van der Waals surface area (Å²) in [6, 6.07) is 2.27. The van der Waals surface area contributed by atoms with Crippen molar-refractivity contribution in [2.45, 2.75) is 25.8 Å². The number of piperidine rings is 1. The van der Waals surface area contributed by atoms with Crippen LogP contribution in [0.15, 0.2) is 35.2 Å². The molecule has 5 nitrogen and oxygen atoms in total. The third-order valence-corrected chi connectivity index (χ3v) is 5.53. The number of rotatable bonds is 3. The van der Waals surface area contributed by atoms with Crippen molar-refractivity contribution in [3.05, 3.63) is 47.3 Å². The summed E-state index contributed by atoms with van der Waals surface area (Å²) in [4.78, 5) is 11.2. The highest BCUT2D eigenvalue weighted by molar-refractivity contribution is 7.78. The van der Waals surface area contributed by atoms with Crippen LogP contribution >= 0.6 is 12.2 Å². The fourth-order valence-electron chi connectivity index (χ4n) is 4.05. The molecule has 130 valence electrons. The summed E-state index contributed by atoms with van der Waals surface area (Å²) in [6.07, 6.45) is 9.47. The van der Waals surface area contributed by atoms with Gasteiger partial charge in [-0.1, -0.05) is 5.57 Å². The topological polar surface area (TPSA) is 38.4 Å². The van der Waals surface area contributed by atoms with Gasteiger partial charge < -0.3 is 14.0 Å². The predicted molar refractivity (Wildman–Crippen MR) is 103 cm³/mol. The molecule has 0 N–H and O–H groups in total. The second-order valence-electron chi connectivity index (χ2n) is 6.77. The summed E-state index contributed by atoms with van der Waals surface area (Å²) >= 11 is 4.65. The van der Waals surface area contributed by atoms with Crippen LogP contribution in [0.3, 0.4) is 0 Å². The Kier molecular flexibility index (Phi) is 4.66. The van der Waals surface area contributed by atoms with Gasteiger partial charge in [0.2, 0.25) is 0 Å². The second kappa shape index (κ2) is 7.08. The molecule has 0 amide bonds. The molecule has 4 heterocycles. The van der Waals surface area contributed by atoms with Crippen molar-refractivity contribution >= 4 is 23.0 Å². The fraction of sp³-hybridized carbons (Fsp3) is 0.474. The minimum absolute atomic E-state index is 0.753. The summed E-state index contributed by atoms with van der Waals surface area (Å²) in [6.45, 7) is 4.88. The van der Waals surface area contributed by atoms with Gasteiger partial charge in [-0.3, -0.25) is 0 Å². The molecule has 2 aromatic rings. The normalized spacial score (nSPS) is 17.6. The number of hydrogen-bond acceptors (Lipinski definition) is 4. The number of aliphatic imine (C=N–C) groups is 1. The van der Waals surface area contributed by atoms with Gasteiger partial charge in [0.1, 0.15) is 5.82 Å². The van der Waals surface area contributed by atoms with Crippen molar-refractivity contribution in [2.24, 2.45) is 12.0 Å². The van der Waals surface area contributed by atoms with Crippen LogP contribution in [-0.2, 0) is 20.0 Å². The Morgan fingerprint density at radius 2 is 2.04 bits per heavy atom. The van der Waals surface area contributed by atoms with Gasteiger partial charge in [-0.15, -0.1) is 0 Å². The largest absolute Gasteiger partial charge is 0.354 e. The quantitative estimate of drug-likeness (QED) is 0.629. The molecule has 2 aliphatic rings. The molecule has 0 unspecified atom stereocenters. The van der Waals surface area contributed by atoms with Crippen LogP contribution in [0, 0.1) is 0 Å². The summed E-state index contributed by atoms with van der Waals surface area (Å²) in [7, 11) is 2.15. The van der Waals surface area contributed by atoms with Crippen LogP contribution in [0.1, 0.15) is 29.9 Å². The molecular formula is C19H23N5S. The van der Waals surface area contributed by atoms with E-state index >= 15 is 0 Å². The van der Waals surface area contributed by atoms with E-state index in [1.54, 1.807) is 0 Å². The minimum atomic E-state index is 0.753.